The molecule has 0 amide bonds. The number of esters is 1. The number of ketones is 1. The summed E-state index contributed by atoms with van der Waals surface area (Å²) in [7, 11) is 0. The Hall–Kier alpha value is -0.980. The van der Waals surface area contributed by atoms with E-state index in [1.54, 1.807) is 0 Å². The van der Waals surface area contributed by atoms with Gasteiger partial charge in [0.1, 0.15) is 5.78 Å². The highest BCUT2D eigenvalue weighted by Gasteiger charge is 2.44. The number of rotatable bonds is 8. The highest BCUT2D eigenvalue weighted by molar-refractivity contribution is 5.84. The number of ether oxygens (including phenoxy) is 4. The summed E-state index contributed by atoms with van der Waals surface area (Å²) in [5.41, 5.74) is 0. The molecule has 0 aromatic heterocycles. The van der Waals surface area contributed by atoms with E-state index < -0.39 is 0 Å². The van der Waals surface area contributed by atoms with E-state index in [2.05, 4.69) is 0 Å². The Morgan fingerprint density at radius 1 is 1.18 bits per heavy atom. The van der Waals surface area contributed by atoms with Gasteiger partial charge in [0, 0.05) is 32.0 Å². The number of Topliss-reactive ketones (excluding diaryl/α,β-unsaturated/α-hetero) is 1. The molecule has 0 aromatic carbocycles. The molecule has 0 radical (unpaired) electrons. The van der Waals surface area contributed by atoms with E-state index >= 15 is 0 Å². The fourth-order valence-electron chi connectivity index (χ4n) is 4.69. The van der Waals surface area contributed by atoms with Crippen LogP contribution in [0.5, 0.6) is 0 Å². The molecule has 160 valence electrons. The van der Waals surface area contributed by atoms with E-state index in [9.17, 15) is 9.59 Å². The monoisotopic (exact) mass is 396 g/mol. The zero-order valence-corrected chi connectivity index (χ0v) is 17.4. The zero-order chi connectivity index (χ0) is 19.9. The predicted octanol–water partition coefficient (Wildman–Crippen LogP) is 3.65. The molecule has 0 N–H and O–H groups in total. The largest absolute Gasteiger partial charge is 0.463 e. The third-order valence-corrected chi connectivity index (χ3v) is 6.22. The fourth-order valence-corrected chi connectivity index (χ4v) is 4.69. The van der Waals surface area contributed by atoms with E-state index in [1.807, 2.05) is 13.8 Å². The molecule has 6 nitrogen and oxygen atoms in total. The average Bonchev–Trinajstić information content (AvgIpc) is 2.82. The Kier molecular flexibility index (Phi) is 8.30. The molecule has 0 aromatic rings. The van der Waals surface area contributed by atoms with Crippen LogP contribution in [0.3, 0.4) is 0 Å². The molecule has 28 heavy (non-hydrogen) atoms. The van der Waals surface area contributed by atoms with Crippen LogP contribution in [-0.2, 0) is 28.5 Å². The molecular weight excluding hydrogens is 360 g/mol. The van der Waals surface area contributed by atoms with Crippen LogP contribution >= 0.6 is 0 Å². The van der Waals surface area contributed by atoms with E-state index in [1.165, 1.54) is 0 Å². The SMILES string of the molecule is CC(C)OC(=O)CCC[C@H]1CC[C@H]2[C@H](CC(=O)[C@@H]2COC2CCCCO2)OC1. The van der Waals surface area contributed by atoms with Crippen molar-refractivity contribution < 1.29 is 28.5 Å². The highest BCUT2D eigenvalue weighted by atomic mass is 16.7. The van der Waals surface area contributed by atoms with Gasteiger partial charge in [0.25, 0.3) is 0 Å². The molecule has 0 spiro atoms. The standard InChI is InChI=1S/C22H36O6/c1-15(2)28-21(24)7-5-6-16-9-10-17-18(19(23)12-20(17)26-13-16)14-27-22-8-3-4-11-25-22/h15-18,20,22H,3-14H2,1-2H3/t16-,17+,18+,20-,22?/m0/s1. The minimum absolute atomic E-state index is 0.0317. The maximum Gasteiger partial charge on any atom is 0.306 e. The van der Waals surface area contributed by atoms with Crippen molar-refractivity contribution in [1.29, 1.82) is 0 Å². The first-order chi connectivity index (χ1) is 13.5. The summed E-state index contributed by atoms with van der Waals surface area (Å²) in [6, 6.07) is 0. The second-order valence-electron chi connectivity index (χ2n) is 8.82. The van der Waals surface area contributed by atoms with E-state index in [4.69, 9.17) is 18.9 Å². The van der Waals surface area contributed by atoms with Gasteiger partial charge in [-0.3, -0.25) is 9.59 Å². The maximum absolute atomic E-state index is 12.5. The van der Waals surface area contributed by atoms with Gasteiger partial charge in [-0.05, 0) is 70.6 Å². The first-order valence-corrected chi connectivity index (χ1v) is 11.1. The molecule has 1 unspecified atom stereocenters. The summed E-state index contributed by atoms with van der Waals surface area (Å²) in [5, 5.41) is 0. The van der Waals surface area contributed by atoms with Crippen molar-refractivity contribution in [2.75, 3.05) is 19.8 Å². The van der Waals surface area contributed by atoms with Gasteiger partial charge in [0.05, 0.1) is 18.8 Å². The van der Waals surface area contributed by atoms with Crippen LogP contribution in [0.2, 0.25) is 0 Å². The van der Waals surface area contributed by atoms with Crippen LogP contribution in [-0.4, -0.2) is 50.1 Å². The zero-order valence-electron chi connectivity index (χ0n) is 17.4. The minimum atomic E-state index is -0.148. The lowest BCUT2D eigenvalue weighted by Crippen LogP contribution is -2.30. The summed E-state index contributed by atoms with van der Waals surface area (Å²) in [4.78, 5) is 24.2. The van der Waals surface area contributed by atoms with E-state index in [-0.39, 0.29) is 42.1 Å². The van der Waals surface area contributed by atoms with Crippen LogP contribution < -0.4 is 0 Å². The molecular formula is C22H36O6. The van der Waals surface area contributed by atoms with Crippen LogP contribution in [0.4, 0.5) is 0 Å². The molecule has 2 saturated heterocycles. The number of hydrogen-bond acceptors (Lipinski definition) is 6. The van der Waals surface area contributed by atoms with Crippen LogP contribution in [0.25, 0.3) is 0 Å². The predicted molar refractivity (Wildman–Crippen MR) is 104 cm³/mol. The molecule has 3 aliphatic rings. The van der Waals surface area contributed by atoms with Gasteiger partial charge in [0.15, 0.2) is 6.29 Å². The number of hydrogen-bond donors (Lipinski definition) is 0. The second-order valence-corrected chi connectivity index (χ2v) is 8.82. The quantitative estimate of drug-likeness (QED) is 0.583. The lowest BCUT2D eigenvalue weighted by atomic mass is 9.87. The summed E-state index contributed by atoms with van der Waals surface area (Å²) < 4.78 is 22.9. The Bertz CT molecular complexity index is 513. The first kappa shape index (κ1) is 21.7. The minimum Gasteiger partial charge on any atom is -0.463 e. The van der Waals surface area contributed by atoms with Gasteiger partial charge in [-0.15, -0.1) is 0 Å². The molecule has 1 aliphatic carbocycles. The molecule has 6 heteroatoms. The normalized spacial score (nSPS) is 33.5. The molecule has 1 saturated carbocycles. The van der Waals surface area contributed by atoms with Crippen LogP contribution in [0.1, 0.15) is 71.6 Å². The van der Waals surface area contributed by atoms with Crippen molar-refractivity contribution in [3.63, 3.8) is 0 Å². The van der Waals surface area contributed by atoms with Crippen LogP contribution in [0, 0.1) is 17.8 Å². The lowest BCUT2D eigenvalue weighted by molar-refractivity contribution is -0.172. The topological polar surface area (TPSA) is 71.1 Å². The second kappa shape index (κ2) is 10.7. The fraction of sp³-hybridized carbons (Fsp3) is 0.909. The smallest absolute Gasteiger partial charge is 0.306 e. The van der Waals surface area contributed by atoms with Crippen molar-refractivity contribution >= 4 is 11.8 Å². The van der Waals surface area contributed by atoms with Gasteiger partial charge in [-0.1, -0.05) is 0 Å². The van der Waals surface area contributed by atoms with Gasteiger partial charge in [0.2, 0.25) is 0 Å². The van der Waals surface area contributed by atoms with Gasteiger partial charge < -0.3 is 18.9 Å². The van der Waals surface area contributed by atoms with Crippen molar-refractivity contribution in [2.24, 2.45) is 17.8 Å². The molecule has 3 rings (SSSR count). The summed E-state index contributed by atoms with van der Waals surface area (Å²) in [6.45, 7) is 5.65. The van der Waals surface area contributed by atoms with E-state index in [0.29, 0.717) is 32.0 Å². The molecule has 2 aliphatic heterocycles. The third-order valence-electron chi connectivity index (χ3n) is 6.22. The molecule has 2 heterocycles. The summed E-state index contributed by atoms with van der Waals surface area (Å²) in [5.74, 6) is 0.813. The molecule has 5 atom stereocenters. The Labute approximate surface area is 168 Å². The van der Waals surface area contributed by atoms with Gasteiger partial charge >= 0.3 is 5.97 Å². The summed E-state index contributed by atoms with van der Waals surface area (Å²) in [6.07, 6.45) is 7.81. The number of carbonyl (C=O) groups excluding carboxylic acids is 2. The van der Waals surface area contributed by atoms with E-state index in [0.717, 1.165) is 51.6 Å². The number of fused-ring (bicyclic) bond motifs is 1. The Morgan fingerprint density at radius 2 is 2.04 bits per heavy atom. The third kappa shape index (κ3) is 6.26. The highest BCUT2D eigenvalue weighted by Crippen LogP contribution is 2.39. The average molecular weight is 397 g/mol. The van der Waals surface area contributed by atoms with Crippen molar-refractivity contribution in [3.8, 4) is 0 Å². The van der Waals surface area contributed by atoms with Crippen LogP contribution in [0.15, 0.2) is 0 Å². The Balaban J connectivity index is 1.41. The lowest BCUT2D eigenvalue weighted by Gasteiger charge is -2.26. The Morgan fingerprint density at radius 3 is 2.79 bits per heavy atom. The first-order valence-electron chi connectivity index (χ1n) is 11.1. The maximum atomic E-state index is 12.5. The van der Waals surface area contributed by atoms with Crippen molar-refractivity contribution in [1.82, 2.24) is 0 Å². The number of carbonyl (C=O) groups is 2. The van der Waals surface area contributed by atoms with Crippen molar-refractivity contribution in [2.45, 2.75) is 90.1 Å². The molecule has 0 bridgehead atoms. The molecule has 3 fully saturated rings. The van der Waals surface area contributed by atoms with Gasteiger partial charge in [-0.2, -0.15) is 0 Å². The van der Waals surface area contributed by atoms with Gasteiger partial charge in [-0.25, -0.2) is 0 Å². The van der Waals surface area contributed by atoms with Crippen molar-refractivity contribution in [3.05, 3.63) is 0 Å². The summed E-state index contributed by atoms with van der Waals surface area (Å²) >= 11 is 0.